The van der Waals surface area contributed by atoms with Crippen molar-refractivity contribution in [3.05, 3.63) is 60.9 Å². The van der Waals surface area contributed by atoms with E-state index < -0.39 is 6.10 Å². The van der Waals surface area contributed by atoms with Gasteiger partial charge in [-0.1, -0.05) is 24.3 Å². The van der Waals surface area contributed by atoms with Crippen LogP contribution < -0.4 is 5.32 Å². The molecule has 3 N–H and O–H groups in total. The zero-order valence-electron chi connectivity index (χ0n) is 15.0. The van der Waals surface area contributed by atoms with Crippen molar-refractivity contribution in [1.82, 2.24) is 14.5 Å². The first-order valence-corrected chi connectivity index (χ1v) is 9.47. The highest BCUT2D eigenvalue weighted by molar-refractivity contribution is 5.87. The van der Waals surface area contributed by atoms with Crippen molar-refractivity contribution < 1.29 is 10.2 Å². The number of nitrogens with zero attached hydrogens (tertiary/aromatic N) is 3. The Labute approximate surface area is 157 Å². The average molecular weight is 363 g/mol. The molecule has 0 spiro atoms. The number of aliphatic hydroxyl groups is 2. The summed E-state index contributed by atoms with van der Waals surface area (Å²) < 4.78 is 2.12. The minimum atomic E-state index is -0.480. The van der Waals surface area contributed by atoms with Crippen molar-refractivity contribution in [3.63, 3.8) is 0 Å². The van der Waals surface area contributed by atoms with Gasteiger partial charge in [0, 0.05) is 18.7 Å². The van der Waals surface area contributed by atoms with E-state index in [-0.39, 0.29) is 24.1 Å². The van der Waals surface area contributed by atoms with Gasteiger partial charge in [-0.05, 0) is 42.9 Å². The van der Waals surface area contributed by atoms with Crippen LogP contribution in [0.5, 0.6) is 0 Å². The minimum Gasteiger partial charge on any atom is -0.393 e. The fourth-order valence-corrected chi connectivity index (χ4v) is 4.58. The number of aliphatic hydroxyl groups excluding tert-OH is 2. The lowest BCUT2D eigenvalue weighted by Crippen LogP contribution is -2.21. The van der Waals surface area contributed by atoms with Crippen molar-refractivity contribution >= 4 is 16.9 Å². The number of aromatic nitrogens is 3. The molecular formula is C21H23N4O2. The van der Waals surface area contributed by atoms with Gasteiger partial charge in [-0.25, -0.2) is 9.97 Å². The van der Waals surface area contributed by atoms with Crippen molar-refractivity contribution in [2.75, 3.05) is 5.32 Å². The maximum atomic E-state index is 10.5. The maximum Gasteiger partial charge on any atom is 0.145 e. The normalized spacial score (nSPS) is 30.0. The zero-order chi connectivity index (χ0) is 18.5. The molecular weight excluding hydrogens is 340 g/mol. The molecule has 139 valence electrons. The molecule has 1 saturated carbocycles. The van der Waals surface area contributed by atoms with Crippen LogP contribution in [0.15, 0.2) is 42.9 Å². The molecule has 1 radical (unpaired) electrons. The van der Waals surface area contributed by atoms with Crippen LogP contribution in [-0.4, -0.2) is 37.0 Å². The summed E-state index contributed by atoms with van der Waals surface area (Å²) in [6.07, 6.45) is 4.91. The van der Waals surface area contributed by atoms with Gasteiger partial charge in [0.1, 0.15) is 17.8 Å². The van der Waals surface area contributed by atoms with E-state index in [0.29, 0.717) is 12.8 Å². The van der Waals surface area contributed by atoms with Crippen LogP contribution >= 0.6 is 0 Å². The van der Waals surface area contributed by atoms with Gasteiger partial charge in [0.2, 0.25) is 0 Å². The van der Waals surface area contributed by atoms with E-state index in [1.54, 1.807) is 6.33 Å². The molecule has 0 unspecified atom stereocenters. The summed E-state index contributed by atoms with van der Waals surface area (Å²) in [5.41, 5.74) is 3.14. The molecule has 0 aliphatic heterocycles. The van der Waals surface area contributed by atoms with Crippen molar-refractivity contribution in [1.29, 1.82) is 0 Å². The number of hydrogen-bond donors (Lipinski definition) is 3. The van der Waals surface area contributed by atoms with E-state index in [4.69, 9.17) is 0 Å². The standard InChI is InChI=1S/C21H23N4O2/c1-12-8-14(10-17(12)26)25-7-6-16-20(22-11-23-21(16)25)24-19-15-5-3-2-4-13(15)9-18(19)27/h2-7,11-12,14,17-19,26-27H,1,8-10H2,(H,22,23,24)/t12-,14+,17-,18-,19+/m0/s1. The van der Waals surface area contributed by atoms with Gasteiger partial charge in [-0.2, -0.15) is 0 Å². The van der Waals surface area contributed by atoms with Gasteiger partial charge >= 0.3 is 0 Å². The summed E-state index contributed by atoms with van der Waals surface area (Å²) in [7, 11) is 0. The Morgan fingerprint density at radius 2 is 1.93 bits per heavy atom. The van der Waals surface area contributed by atoms with Crippen LogP contribution in [0.2, 0.25) is 0 Å². The smallest absolute Gasteiger partial charge is 0.145 e. The van der Waals surface area contributed by atoms with E-state index in [2.05, 4.69) is 38.9 Å². The van der Waals surface area contributed by atoms with Gasteiger partial charge < -0.3 is 20.1 Å². The summed E-state index contributed by atoms with van der Waals surface area (Å²) in [5.74, 6) is 0.779. The quantitative estimate of drug-likeness (QED) is 0.666. The third kappa shape index (κ3) is 2.71. The molecule has 5 atom stereocenters. The maximum absolute atomic E-state index is 10.5. The predicted octanol–water partition coefficient (Wildman–Crippen LogP) is 2.65. The SMILES string of the molecule is [CH2][C@H]1C[C@@H](n2ccc3c(N[C@@H]4c5ccccc5C[C@@H]4O)ncnc32)C[C@@H]1O. The number of hydrogen-bond acceptors (Lipinski definition) is 5. The van der Waals surface area contributed by atoms with E-state index in [1.165, 1.54) is 5.56 Å². The van der Waals surface area contributed by atoms with Crippen LogP contribution in [0.1, 0.15) is 36.1 Å². The molecule has 27 heavy (non-hydrogen) atoms. The van der Waals surface area contributed by atoms with Crippen LogP contribution in [0.4, 0.5) is 5.82 Å². The van der Waals surface area contributed by atoms with Gasteiger partial charge in [0.25, 0.3) is 0 Å². The van der Waals surface area contributed by atoms with E-state index in [9.17, 15) is 10.2 Å². The molecule has 0 saturated heterocycles. The van der Waals surface area contributed by atoms with Crippen LogP contribution in [0.3, 0.4) is 0 Å². The zero-order valence-corrected chi connectivity index (χ0v) is 15.0. The Hall–Kier alpha value is -2.44. The Balaban J connectivity index is 1.49. The lowest BCUT2D eigenvalue weighted by molar-refractivity contribution is 0.149. The highest BCUT2D eigenvalue weighted by atomic mass is 16.3. The molecule has 1 aromatic carbocycles. The van der Waals surface area contributed by atoms with Gasteiger partial charge in [0.15, 0.2) is 0 Å². The van der Waals surface area contributed by atoms with Crippen molar-refractivity contribution in [2.24, 2.45) is 5.92 Å². The molecule has 1 fully saturated rings. The average Bonchev–Trinajstić information content (AvgIpc) is 3.32. The Kier molecular flexibility index (Phi) is 3.91. The van der Waals surface area contributed by atoms with Gasteiger partial charge in [-0.15, -0.1) is 0 Å². The number of nitrogens with one attached hydrogen (secondary N) is 1. The van der Waals surface area contributed by atoms with Gasteiger partial charge in [-0.3, -0.25) is 0 Å². The van der Waals surface area contributed by atoms with Crippen LogP contribution in [-0.2, 0) is 6.42 Å². The second-order valence-corrected chi connectivity index (χ2v) is 7.73. The highest BCUT2D eigenvalue weighted by Gasteiger charge is 2.33. The summed E-state index contributed by atoms with van der Waals surface area (Å²) in [5, 5.41) is 25.0. The second kappa shape index (κ2) is 6.32. The van der Waals surface area contributed by atoms with Crippen LogP contribution in [0.25, 0.3) is 11.0 Å². The number of anilines is 1. The topological polar surface area (TPSA) is 83.2 Å². The van der Waals surface area contributed by atoms with E-state index >= 15 is 0 Å². The first-order valence-electron chi connectivity index (χ1n) is 9.47. The first kappa shape index (κ1) is 16.7. The first-order chi connectivity index (χ1) is 13.1. The largest absolute Gasteiger partial charge is 0.393 e. The van der Waals surface area contributed by atoms with Crippen molar-refractivity contribution in [3.8, 4) is 0 Å². The fraction of sp³-hybridized carbons (Fsp3) is 0.381. The lowest BCUT2D eigenvalue weighted by atomic mass is 10.1. The molecule has 2 aliphatic rings. The molecule has 5 rings (SSSR count). The monoisotopic (exact) mass is 363 g/mol. The molecule has 0 bridgehead atoms. The molecule has 0 amide bonds. The number of fused-ring (bicyclic) bond motifs is 2. The Morgan fingerprint density at radius 3 is 2.74 bits per heavy atom. The Morgan fingerprint density at radius 1 is 1.07 bits per heavy atom. The summed E-state index contributed by atoms with van der Waals surface area (Å²) in [6.45, 7) is 4.04. The fourth-order valence-electron chi connectivity index (χ4n) is 4.58. The molecule has 2 aliphatic carbocycles. The summed E-state index contributed by atoms with van der Waals surface area (Å²) >= 11 is 0. The van der Waals surface area contributed by atoms with Gasteiger partial charge in [0.05, 0.1) is 23.6 Å². The third-order valence-electron chi connectivity index (χ3n) is 6.03. The molecule has 6 heteroatoms. The number of benzene rings is 1. The molecule has 6 nitrogen and oxygen atoms in total. The summed E-state index contributed by atoms with van der Waals surface area (Å²) in [6, 6.07) is 10.1. The molecule has 3 aromatic rings. The summed E-state index contributed by atoms with van der Waals surface area (Å²) in [4.78, 5) is 8.92. The molecule has 2 aromatic heterocycles. The molecule has 2 heterocycles. The number of rotatable bonds is 3. The predicted molar refractivity (Wildman–Crippen MR) is 103 cm³/mol. The second-order valence-electron chi connectivity index (χ2n) is 7.73. The Bertz CT molecular complexity index is 975. The van der Waals surface area contributed by atoms with Crippen molar-refractivity contribution in [2.45, 2.75) is 43.6 Å². The van der Waals surface area contributed by atoms with Crippen LogP contribution in [0, 0.1) is 12.8 Å². The minimum absolute atomic E-state index is 0.0528. The lowest BCUT2D eigenvalue weighted by Gasteiger charge is -2.19. The highest BCUT2D eigenvalue weighted by Crippen LogP contribution is 2.38. The van der Waals surface area contributed by atoms with E-state index in [0.717, 1.165) is 28.8 Å². The van der Waals surface area contributed by atoms with E-state index in [1.807, 2.05) is 24.4 Å². The third-order valence-corrected chi connectivity index (χ3v) is 6.03.